The number of ketones is 2. The Balaban J connectivity index is 0.00000241. The number of benzene rings is 1. The number of nitrogens with two attached hydrogens (primary N) is 1. The van der Waals surface area contributed by atoms with Crippen LogP contribution in [0.25, 0.3) is 5.76 Å². The van der Waals surface area contributed by atoms with E-state index in [2.05, 4.69) is 5.32 Å². The number of aromatic hydroxyl groups is 1. The largest absolute Gasteiger partial charge is 0.508 e. The van der Waals surface area contributed by atoms with E-state index in [-0.39, 0.29) is 60.0 Å². The summed E-state index contributed by atoms with van der Waals surface area (Å²) >= 11 is 0. The molecule has 3 aliphatic rings. The molecule has 10 nitrogen and oxygen atoms in total. The smallest absolute Gasteiger partial charge is 0.255 e. The number of anilines is 1. The molecule has 37 heavy (non-hydrogen) atoms. The van der Waals surface area contributed by atoms with Crippen molar-refractivity contribution in [1.29, 1.82) is 0 Å². The first-order valence-electron chi connectivity index (χ1n) is 11.3. The van der Waals surface area contributed by atoms with Crippen LogP contribution in [0.1, 0.15) is 30.9 Å². The third kappa shape index (κ3) is 4.23. The Morgan fingerprint density at radius 3 is 2.41 bits per heavy atom. The monoisotopic (exact) mass is 561 g/mol. The van der Waals surface area contributed by atoms with Crippen LogP contribution in [0.4, 0.5) is 10.1 Å². The van der Waals surface area contributed by atoms with Gasteiger partial charge >= 0.3 is 0 Å². The van der Waals surface area contributed by atoms with Gasteiger partial charge in [0.25, 0.3) is 5.91 Å². The van der Waals surface area contributed by atoms with Gasteiger partial charge in [-0.25, -0.2) is 4.39 Å². The van der Waals surface area contributed by atoms with E-state index in [0.29, 0.717) is 13.0 Å². The second-order valence-corrected chi connectivity index (χ2v) is 9.50. The zero-order valence-electron chi connectivity index (χ0n) is 20.4. The second kappa shape index (κ2) is 10.5. The number of carbonyl (C=O) groups excluding carboxylic acids is 3. The first kappa shape index (κ1) is 30.4. The molecule has 7 N–H and O–H groups in total. The van der Waals surface area contributed by atoms with Crippen LogP contribution >= 0.6 is 24.8 Å². The molecule has 0 radical (unpaired) electrons. The van der Waals surface area contributed by atoms with Gasteiger partial charge in [-0.15, -0.1) is 24.8 Å². The average molecular weight is 562 g/mol. The van der Waals surface area contributed by atoms with Crippen LogP contribution in [0.2, 0.25) is 0 Å². The second-order valence-electron chi connectivity index (χ2n) is 9.50. The molecule has 0 heterocycles. The van der Waals surface area contributed by atoms with Gasteiger partial charge in [-0.1, -0.05) is 6.92 Å². The van der Waals surface area contributed by atoms with E-state index < -0.39 is 69.6 Å². The lowest BCUT2D eigenvalue weighted by Gasteiger charge is -2.50. The van der Waals surface area contributed by atoms with Crippen LogP contribution in [-0.4, -0.2) is 75.1 Å². The first-order chi connectivity index (χ1) is 16.4. The van der Waals surface area contributed by atoms with Crippen molar-refractivity contribution in [2.45, 2.75) is 37.8 Å². The van der Waals surface area contributed by atoms with Crippen LogP contribution < -0.4 is 11.1 Å². The summed E-state index contributed by atoms with van der Waals surface area (Å²) < 4.78 is 15.1. The first-order valence-corrected chi connectivity index (χ1v) is 11.3. The zero-order valence-corrected chi connectivity index (χ0v) is 22.0. The van der Waals surface area contributed by atoms with E-state index in [1.54, 1.807) is 0 Å². The lowest BCUT2D eigenvalue weighted by atomic mass is 9.57. The normalized spacial score (nSPS) is 26.6. The van der Waals surface area contributed by atoms with Crippen molar-refractivity contribution in [2.75, 3.05) is 26.0 Å². The fraction of sp³-hybridized carbons (Fsp3) is 0.458. The van der Waals surface area contributed by atoms with Crippen LogP contribution in [0.5, 0.6) is 5.75 Å². The Morgan fingerprint density at radius 1 is 1.24 bits per heavy atom. The fourth-order valence-corrected chi connectivity index (χ4v) is 5.66. The summed E-state index contributed by atoms with van der Waals surface area (Å²) in [5, 5.41) is 47.1. The molecule has 0 saturated heterocycles. The van der Waals surface area contributed by atoms with E-state index in [1.165, 1.54) is 19.0 Å². The number of nitrogens with one attached hydrogen (secondary N) is 1. The third-order valence-corrected chi connectivity index (χ3v) is 7.23. The van der Waals surface area contributed by atoms with E-state index in [0.717, 1.165) is 6.07 Å². The van der Waals surface area contributed by atoms with Gasteiger partial charge in [0.2, 0.25) is 5.78 Å². The molecular weight excluding hydrogens is 532 g/mol. The molecule has 4 rings (SSSR count). The van der Waals surface area contributed by atoms with Crippen LogP contribution in [-0.2, 0) is 20.8 Å². The Hall–Kier alpha value is -2.86. The number of nitrogens with zero attached hydrogens (tertiary/aromatic N) is 1. The Morgan fingerprint density at radius 2 is 1.86 bits per heavy atom. The summed E-state index contributed by atoms with van der Waals surface area (Å²) in [6, 6.07) is -0.0740. The maximum Gasteiger partial charge on any atom is 0.255 e. The number of hydrogen-bond donors (Lipinski definition) is 6. The average Bonchev–Trinajstić information content (AvgIpc) is 2.77. The minimum Gasteiger partial charge on any atom is -0.508 e. The number of amides is 1. The zero-order chi connectivity index (χ0) is 26.0. The highest BCUT2D eigenvalue weighted by molar-refractivity contribution is 6.24. The van der Waals surface area contributed by atoms with E-state index in [4.69, 9.17) is 5.73 Å². The van der Waals surface area contributed by atoms with Crippen LogP contribution in [0.15, 0.2) is 23.0 Å². The van der Waals surface area contributed by atoms with E-state index >= 15 is 4.39 Å². The van der Waals surface area contributed by atoms with Crippen molar-refractivity contribution in [3.63, 3.8) is 0 Å². The predicted octanol–water partition coefficient (Wildman–Crippen LogP) is 1.77. The summed E-state index contributed by atoms with van der Waals surface area (Å²) in [5.41, 5.74) is 1.11. The van der Waals surface area contributed by atoms with Crippen molar-refractivity contribution in [2.24, 2.45) is 17.6 Å². The highest BCUT2D eigenvalue weighted by Gasteiger charge is 2.64. The van der Waals surface area contributed by atoms with Gasteiger partial charge in [0.1, 0.15) is 28.7 Å². The van der Waals surface area contributed by atoms with Crippen molar-refractivity contribution in [3.8, 4) is 5.75 Å². The number of aliphatic hydroxyl groups is 3. The van der Waals surface area contributed by atoms with E-state index in [1.807, 2.05) is 6.92 Å². The number of rotatable bonds is 5. The maximum atomic E-state index is 15.1. The molecular formula is C24H30Cl2FN3O7. The molecule has 0 aliphatic heterocycles. The van der Waals surface area contributed by atoms with Crippen molar-refractivity contribution < 1.29 is 39.2 Å². The molecule has 13 heteroatoms. The molecule has 1 amide bonds. The lowest BCUT2D eigenvalue weighted by molar-refractivity contribution is -0.153. The topological polar surface area (TPSA) is 173 Å². The molecule has 0 unspecified atom stereocenters. The Bertz CT molecular complexity index is 1230. The highest BCUT2D eigenvalue weighted by Crippen LogP contribution is 2.53. The molecule has 4 atom stereocenters. The molecule has 204 valence electrons. The van der Waals surface area contributed by atoms with Gasteiger partial charge in [-0.3, -0.25) is 19.3 Å². The minimum absolute atomic E-state index is 0. The van der Waals surface area contributed by atoms with Crippen molar-refractivity contribution in [1.82, 2.24) is 4.90 Å². The summed E-state index contributed by atoms with van der Waals surface area (Å²) in [4.78, 5) is 40.1. The Kier molecular flexibility index (Phi) is 8.60. The number of fused-ring (bicyclic) bond motifs is 3. The number of phenols is 1. The summed E-state index contributed by atoms with van der Waals surface area (Å²) in [6.45, 7) is 2.29. The van der Waals surface area contributed by atoms with Crippen LogP contribution in [0.3, 0.4) is 0 Å². The maximum absolute atomic E-state index is 15.1. The predicted molar refractivity (Wildman–Crippen MR) is 137 cm³/mol. The molecule has 1 saturated carbocycles. The molecule has 3 aliphatic carbocycles. The molecule has 1 aromatic rings. The van der Waals surface area contributed by atoms with Gasteiger partial charge in [-0.2, -0.15) is 0 Å². The van der Waals surface area contributed by atoms with Crippen LogP contribution in [0, 0.1) is 17.7 Å². The summed E-state index contributed by atoms with van der Waals surface area (Å²) in [6.07, 6.45) is 0.490. The molecule has 0 aromatic heterocycles. The number of primary amides is 1. The Labute approximate surface area is 224 Å². The lowest BCUT2D eigenvalue weighted by Crippen LogP contribution is -2.65. The quantitative estimate of drug-likeness (QED) is 0.231. The molecule has 0 spiro atoms. The van der Waals surface area contributed by atoms with Crippen molar-refractivity contribution in [3.05, 3.63) is 39.9 Å². The highest BCUT2D eigenvalue weighted by atomic mass is 35.5. The molecule has 1 aromatic carbocycles. The number of carbonyl (C=O) groups is 3. The van der Waals surface area contributed by atoms with Gasteiger partial charge < -0.3 is 31.5 Å². The van der Waals surface area contributed by atoms with Crippen molar-refractivity contribution >= 4 is 53.7 Å². The number of Topliss-reactive ketones (excluding diaryl/α,β-unsaturated/α-hetero) is 2. The van der Waals surface area contributed by atoms with Gasteiger partial charge in [0, 0.05) is 29.7 Å². The standard InChI is InChI=1S/C24H28FN3O7.2ClH/c1-4-5-27-13-8-12(25)10-6-9-7-11-17(28(2)3)20(31)16(23(26)34)22(33)24(11,35)21(32)14(9)19(30)15(10)18(13)29;;/h8-9,11,17,27,29-30,33,35H,4-7H2,1-3H3,(H2,26,34);2*1H/t9-,11-,17-,24-;;/m0../s1. The molecule has 0 bridgehead atoms. The summed E-state index contributed by atoms with van der Waals surface area (Å²) in [7, 11) is 3.02. The summed E-state index contributed by atoms with van der Waals surface area (Å²) in [5.74, 6) is -8.35. The SMILES string of the molecule is CCCNc1cc(F)c2c(c1O)C(O)=C1C(=O)[C@]3(O)C(O)=C(C(N)=O)C(=O)[C@@H](N(C)C)[C@@H]3C[C@@H]1C2.Cl.Cl. The number of aliphatic hydroxyl groups excluding tert-OH is 2. The van der Waals surface area contributed by atoms with Gasteiger partial charge in [-0.05, 0) is 39.3 Å². The molecule has 1 fully saturated rings. The number of hydrogen-bond acceptors (Lipinski definition) is 9. The number of phenolic OH excluding ortho intramolecular Hbond substituents is 1. The minimum atomic E-state index is -2.73. The van der Waals surface area contributed by atoms with E-state index in [9.17, 15) is 34.8 Å². The fourth-order valence-electron chi connectivity index (χ4n) is 5.66. The number of halogens is 3. The number of likely N-dealkylation sites (N-methyl/N-ethyl adjacent to an activating group) is 1. The third-order valence-electron chi connectivity index (χ3n) is 7.23. The van der Waals surface area contributed by atoms with Gasteiger partial charge in [0.15, 0.2) is 11.4 Å². The van der Waals surface area contributed by atoms with Gasteiger partial charge in [0.05, 0.1) is 17.3 Å².